The molecule has 4 heterocycles. The zero-order valence-corrected chi connectivity index (χ0v) is 25.9. The minimum absolute atomic E-state index is 0.00929. The number of nitrogens with one attached hydrogen (secondary N) is 3. The van der Waals surface area contributed by atoms with Gasteiger partial charge in [0.05, 0.1) is 24.1 Å². The largest absolute Gasteiger partial charge is 0.490 e. The minimum atomic E-state index is -0.481. The molecule has 4 atom stereocenters. The van der Waals surface area contributed by atoms with Crippen molar-refractivity contribution in [3.63, 3.8) is 0 Å². The van der Waals surface area contributed by atoms with Crippen molar-refractivity contribution in [3.05, 3.63) is 71.1 Å². The van der Waals surface area contributed by atoms with Crippen LogP contribution in [0.4, 0.5) is 16.2 Å². The van der Waals surface area contributed by atoms with E-state index in [1.165, 1.54) is 5.56 Å². The zero-order valence-electron chi connectivity index (χ0n) is 25.9. The first-order chi connectivity index (χ1) is 21.7. The summed E-state index contributed by atoms with van der Waals surface area (Å²) in [6.45, 7) is 6.36. The van der Waals surface area contributed by atoms with Gasteiger partial charge in [0.2, 0.25) is 5.91 Å². The highest BCUT2D eigenvalue weighted by Crippen LogP contribution is 2.33. The van der Waals surface area contributed by atoms with Gasteiger partial charge < -0.3 is 34.8 Å². The molecule has 238 valence electrons. The molecule has 6 rings (SSSR count). The van der Waals surface area contributed by atoms with E-state index in [0.29, 0.717) is 47.0 Å². The van der Waals surface area contributed by atoms with Gasteiger partial charge in [0.25, 0.3) is 5.91 Å². The van der Waals surface area contributed by atoms with Gasteiger partial charge in [-0.05, 0) is 56.9 Å². The number of aromatic nitrogens is 1. The summed E-state index contributed by atoms with van der Waals surface area (Å²) in [5, 5.41) is 12.5. The predicted octanol–water partition coefficient (Wildman–Crippen LogP) is 4.10. The molecule has 2 saturated heterocycles. The predicted molar refractivity (Wildman–Crippen MR) is 167 cm³/mol. The van der Waals surface area contributed by atoms with Gasteiger partial charge in [-0.15, -0.1) is 0 Å². The lowest BCUT2D eigenvalue weighted by atomic mass is 9.94. The number of ether oxygens (including phenoxy) is 2. The van der Waals surface area contributed by atoms with Crippen LogP contribution in [0.25, 0.3) is 0 Å². The Labute approximate surface area is 262 Å². The van der Waals surface area contributed by atoms with Crippen molar-refractivity contribution in [2.45, 2.75) is 70.4 Å². The highest BCUT2D eigenvalue weighted by molar-refractivity contribution is 6.03. The third-order valence-corrected chi connectivity index (χ3v) is 8.84. The number of nitrogens with zero attached hydrogens (tertiary/aromatic N) is 3. The van der Waals surface area contributed by atoms with Crippen LogP contribution in [0.2, 0.25) is 0 Å². The molecule has 3 N–H and O–H groups in total. The summed E-state index contributed by atoms with van der Waals surface area (Å²) in [5.41, 5.74) is 3.14. The third-order valence-electron chi connectivity index (χ3n) is 8.84. The van der Waals surface area contributed by atoms with E-state index in [2.05, 4.69) is 38.1 Å². The first-order valence-corrected chi connectivity index (χ1v) is 15.5. The maximum atomic E-state index is 13.6. The fourth-order valence-corrected chi connectivity index (χ4v) is 6.47. The second-order valence-corrected chi connectivity index (χ2v) is 12.1. The molecule has 12 nitrogen and oxygen atoms in total. The number of anilines is 2. The highest BCUT2D eigenvalue weighted by atomic mass is 16.5. The number of benzene rings is 2. The number of carbonyl (C=O) groups is 3. The topological polar surface area (TPSA) is 138 Å². The number of hydrogen-bond acceptors (Lipinski definition) is 8. The Bertz CT molecular complexity index is 1520. The smallest absolute Gasteiger partial charge is 0.323 e. The van der Waals surface area contributed by atoms with Crippen molar-refractivity contribution in [2.24, 2.45) is 0 Å². The lowest BCUT2D eigenvalue weighted by Gasteiger charge is -2.42. The molecule has 4 amide bonds. The summed E-state index contributed by atoms with van der Waals surface area (Å²) in [6.07, 6.45) is 1.94. The zero-order chi connectivity index (χ0) is 31.5. The molecule has 3 aliphatic heterocycles. The van der Waals surface area contributed by atoms with E-state index in [9.17, 15) is 14.4 Å². The Morgan fingerprint density at radius 3 is 2.64 bits per heavy atom. The van der Waals surface area contributed by atoms with Gasteiger partial charge in [-0.3, -0.25) is 14.5 Å². The van der Waals surface area contributed by atoms with Crippen molar-refractivity contribution in [1.82, 2.24) is 20.3 Å². The molecule has 12 heteroatoms. The maximum Gasteiger partial charge on any atom is 0.323 e. The number of likely N-dealkylation sites (tertiary alicyclic amines) is 1. The quantitative estimate of drug-likeness (QED) is 0.361. The fraction of sp³-hybridized carbons (Fsp3) is 0.455. The van der Waals surface area contributed by atoms with Crippen molar-refractivity contribution in [3.8, 4) is 5.75 Å². The van der Waals surface area contributed by atoms with Crippen LogP contribution in [0.1, 0.15) is 53.1 Å². The van der Waals surface area contributed by atoms with Crippen LogP contribution in [0.15, 0.2) is 53.1 Å². The Balaban J connectivity index is 1.02. The van der Waals surface area contributed by atoms with E-state index in [-0.39, 0.29) is 49.1 Å². The second kappa shape index (κ2) is 13.3. The van der Waals surface area contributed by atoms with Gasteiger partial charge in [0, 0.05) is 38.4 Å². The molecule has 0 aliphatic carbocycles. The van der Waals surface area contributed by atoms with Crippen LogP contribution in [-0.4, -0.2) is 83.8 Å². The van der Waals surface area contributed by atoms with Gasteiger partial charge >= 0.3 is 6.03 Å². The van der Waals surface area contributed by atoms with Crippen LogP contribution < -0.4 is 20.7 Å². The van der Waals surface area contributed by atoms with Gasteiger partial charge in [-0.1, -0.05) is 35.5 Å². The van der Waals surface area contributed by atoms with Crippen LogP contribution >= 0.6 is 0 Å². The minimum Gasteiger partial charge on any atom is -0.490 e. The Hall–Kier alpha value is -4.42. The van der Waals surface area contributed by atoms with Gasteiger partial charge in [-0.2, -0.15) is 0 Å². The molecule has 45 heavy (non-hydrogen) atoms. The molecule has 2 aromatic carbocycles. The van der Waals surface area contributed by atoms with Crippen LogP contribution in [0.5, 0.6) is 5.75 Å². The average molecular weight is 617 g/mol. The number of rotatable bonds is 7. The van der Waals surface area contributed by atoms with E-state index in [1.54, 1.807) is 44.0 Å². The molecule has 0 saturated carbocycles. The molecule has 3 aromatic rings. The molecule has 0 bridgehead atoms. The highest BCUT2D eigenvalue weighted by Gasteiger charge is 2.39. The fourth-order valence-electron chi connectivity index (χ4n) is 6.47. The molecule has 1 aromatic heterocycles. The Morgan fingerprint density at radius 1 is 1.04 bits per heavy atom. The summed E-state index contributed by atoms with van der Waals surface area (Å²) in [5.74, 6) is 0.671. The summed E-state index contributed by atoms with van der Waals surface area (Å²) in [7, 11) is 1.76. The summed E-state index contributed by atoms with van der Waals surface area (Å²) in [6, 6.07) is 14.8. The number of aryl methyl sites for hydroxylation is 2. The van der Waals surface area contributed by atoms with E-state index in [4.69, 9.17) is 14.0 Å². The monoisotopic (exact) mass is 616 g/mol. The Kier molecular flexibility index (Phi) is 9.04. The second-order valence-electron chi connectivity index (χ2n) is 12.1. The first kappa shape index (κ1) is 30.6. The standard InChI is InChI=1S/C33H40N6O6/c1-20-31(21(2)45-37-20)36-33(42)35-23-9-12-28-26(15-23)32(41)38(3)27-11-10-25(44-29(27)19-43-28)16-30(40)34-24-13-14-39(18-24)17-22-7-5-4-6-8-22/h4-9,12,15,24-25,27,29H,10-11,13-14,16-19H2,1-3H3,(H,34,40)(H2,35,36,42)/t24-,25+,27+,29-/m1/s1. The molecule has 2 fully saturated rings. The van der Waals surface area contributed by atoms with E-state index < -0.39 is 6.03 Å². The number of urea groups is 1. The average Bonchev–Trinajstić information content (AvgIpc) is 3.60. The van der Waals surface area contributed by atoms with E-state index >= 15 is 0 Å². The lowest BCUT2D eigenvalue weighted by Crippen LogP contribution is -2.54. The maximum absolute atomic E-state index is 13.6. The normalized spacial score (nSPS) is 23.3. The van der Waals surface area contributed by atoms with Crippen LogP contribution in [0.3, 0.4) is 0 Å². The molecule has 0 spiro atoms. The lowest BCUT2D eigenvalue weighted by molar-refractivity contribution is -0.134. The SMILES string of the molecule is Cc1noc(C)c1NC(=O)Nc1ccc2c(c1)C(=O)N(C)[C@H]1CC[C@@H](CC(=O)N[C@@H]3CCN(Cc4ccccc4)C3)O[C@@H]1CO2. The number of carbonyl (C=O) groups excluding carboxylic acids is 3. The first-order valence-electron chi connectivity index (χ1n) is 15.5. The summed E-state index contributed by atoms with van der Waals surface area (Å²) < 4.78 is 17.6. The number of hydrogen-bond donors (Lipinski definition) is 3. The molecule has 0 radical (unpaired) electrons. The number of amides is 4. The molecular weight excluding hydrogens is 576 g/mol. The van der Waals surface area contributed by atoms with Crippen molar-refractivity contribution in [2.75, 3.05) is 37.4 Å². The Morgan fingerprint density at radius 2 is 1.87 bits per heavy atom. The molecular formula is C33H40N6O6. The molecule has 0 unspecified atom stereocenters. The van der Waals surface area contributed by atoms with Gasteiger partial charge in [-0.25, -0.2) is 4.79 Å². The van der Waals surface area contributed by atoms with Crippen molar-refractivity contribution < 1.29 is 28.4 Å². The van der Waals surface area contributed by atoms with E-state index in [0.717, 1.165) is 26.1 Å². The van der Waals surface area contributed by atoms with Crippen LogP contribution in [-0.2, 0) is 16.1 Å². The van der Waals surface area contributed by atoms with Crippen molar-refractivity contribution >= 4 is 29.2 Å². The van der Waals surface area contributed by atoms with Crippen molar-refractivity contribution in [1.29, 1.82) is 0 Å². The third kappa shape index (κ3) is 7.12. The summed E-state index contributed by atoms with van der Waals surface area (Å²) >= 11 is 0. The summed E-state index contributed by atoms with van der Waals surface area (Å²) in [4.78, 5) is 43.3. The van der Waals surface area contributed by atoms with Gasteiger partial charge in [0.15, 0.2) is 5.76 Å². The number of likely N-dealkylation sites (N-methyl/N-ethyl adjacent to an activating group) is 1. The molecule has 3 aliphatic rings. The number of fused-ring (bicyclic) bond motifs is 2. The van der Waals surface area contributed by atoms with Crippen LogP contribution in [0, 0.1) is 13.8 Å². The van der Waals surface area contributed by atoms with Gasteiger partial charge in [0.1, 0.15) is 29.8 Å². The van der Waals surface area contributed by atoms with E-state index in [1.807, 2.05) is 18.2 Å².